The van der Waals surface area contributed by atoms with Crippen molar-refractivity contribution in [1.82, 2.24) is 14.6 Å². The summed E-state index contributed by atoms with van der Waals surface area (Å²) in [4.78, 5) is 11.2. The fraction of sp³-hybridized carbons (Fsp3) is 0.188. The van der Waals surface area contributed by atoms with E-state index < -0.39 is 5.97 Å². The van der Waals surface area contributed by atoms with Gasteiger partial charge in [-0.3, -0.25) is 4.40 Å². The molecule has 0 aliphatic carbocycles. The van der Waals surface area contributed by atoms with Crippen molar-refractivity contribution in [3.05, 3.63) is 59.5 Å². The number of pyridine rings is 1. The number of fused-ring (bicyclic) bond motifs is 1. The van der Waals surface area contributed by atoms with Gasteiger partial charge in [0.25, 0.3) is 0 Å². The van der Waals surface area contributed by atoms with Gasteiger partial charge in [0.1, 0.15) is 17.9 Å². The van der Waals surface area contributed by atoms with E-state index >= 15 is 0 Å². The van der Waals surface area contributed by atoms with Crippen molar-refractivity contribution in [3.63, 3.8) is 0 Å². The highest BCUT2D eigenvalue weighted by molar-refractivity contribution is 5.94. The SMILES string of the molecule is CCc1ccc(OCc2nnc3c(C(=O)O)cccn23)cc1. The monoisotopic (exact) mass is 297 g/mol. The third-order valence-electron chi connectivity index (χ3n) is 3.44. The van der Waals surface area contributed by atoms with Gasteiger partial charge >= 0.3 is 5.97 Å². The predicted octanol–water partition coefficient (Wildman–Crippen LogP) is 2.57. The van der Waals surface area contributed by atoms with Crippen molar-refractivity contribution < 1.29 is 14.6 Å². The number of carboxylic acids is 1. The molecule has 0 amide bonds. The van der Waals surface area contributed by atoms with Crippen LogP contribution in [0, 0.1) is 0 Å². The summed E-state index contributed by atoms with van der Waals surface area (Å²) in [5.74, 6) is 0.265. The number of rotatable bonds is 5. The molecule has 0 radical (unpaired) electrons. The molecule has 3 rings (SSSR count). The van der Waals surface area contributed by atoms with Gasteiger partial charge in [0.15, 0.2) is 11.5 Å². The number of hydrogen-bond donors (Lipinski definition) is 1. The largest absolute Gasteiger partial charge is 0.486 e. The summed E-state index contributed by atoms with van der Waals surface area (Å²) >= 11 is 0. The number of aromatic carboxylic acids is 1. The van der Waals surface area contributed by atoms with Crippen LogP contribution < -0.4 is 4.74 Å². The van der Waals surface area contributed by atoms with Gasteiger partial charge in [-0.25, -0.2) is 4.79 Å². The second-order valence-corrected chi connectivity index (χ2v) is 4.82. The number of ether oxygens (including phenoxy) is 1. The summed E-state index contributed by atoms with van der Waals surface area (Å²) in [6.07, 6.45) is 2.70. The summed E-state index contributed by atoms with van der Waals surface area (Å²) in [5.41, 5.74) is 1.68. The predicted molar refractivity (Wildman–Crippen MR) is 80.1 cm³/mol. The molecule has 1 aromatic carbocycles. The van der Waals surface area contributed by atoms with E-state index in [0.717, 1.165) is 12.2 Å². The Bertz CT molecular complexity index is 809. The van der Waals surface area contributed by atoms with Crippen LogP contribution >= 0.6 is 0 Å². The van der Waals surface area contributed by atoms with Crippen LogP contribution in [0.4, 0.5) is 0 Å². The summed E-state index contributed by atoms with van der Waals surface area (Å²) in [6, 6.07) is 11.0. The Morgan fingerprint density at radius 1 is 1.23 bits per heavy atom. The summed E-state index contributed by atoms with van der Waals surface area (Å²) in [6.45, 7) is 2.31. The van der Waals surface area contributed by atoms with Gasteiger partial charge in [-0.15, -0.1) is 10.2 Å². The maximum Gasteiger partial charge on any atom is 0.339 e. The number of carboxylic acid groups (broad SMARTS) is 1. The molecule has 1 N–H and O–H groups in total. The first-order valence-electron chi connectivity index (χ1n) is 6.96. The van der Waals surface area contributed by atoms with E-state index in [0.29, 0.717) is 11.5 Å². The second-order valence-electron chi connectivity index (χ2n) is 4.82. The smallest absolute Gasteiger partial charge is 0.339 e. The lowest BCUT2D eigenvalue weighted by molar-refractivity contribution is 0.0698. The van der Waals surface area contributed by atoms with E-state index in [-0.39, 0.29) is 12.2 Å². The average molecular weight is 297 g/mol. The Labute approximate surface area is 127 Å². The Morgan fingerprint density at radius 3 is 2.68 bits per heavy atom. The molecule has 0 aliphatic rings. The maximum absolute atomic E-state index is 11.2. The van der Waals surface area contributed by atoms with Crippen LogP contribution in [0.25, 0.3) is 5.65 Å². The lowest BCUT2D eigenvalue weighted by atomic mass is 10.2. The molecule has 22 heavy (non-hydrogen) atoms. The van der Waals surface area contributed by atoms with Gasteiger partial charge in [0.05, 0.1) is 0 Å². The minimum atomic E-state index is -1.03. The average Bonchev–Trinajstić information content (AvgIpc) is 2.96. The van der Waals surface area contributed by atoms with E-state index in [1.807, 2.05) is 24.3 Å². The van der Waals surface area contributed by atoms with E-state index in [4.69, 9.17) is 9.84 Å². The first kappa shape index (κ1) is 14.1. The molecule has 2 aromatic heterocycles. The Morgan fingerprint density at radius 2 is 2.00 bits per heavy atom. The molecule has 6 nitrogen and oxygen atoms in total. The van der Waals surface area contributed by atoms with Gasteiger partial charge < -0.3 is 9.84 Å². The molecule has 3 aromatic rings. The second kappa shape index (κ2) is 5.85. The number of carbonyl (C=O) groups is 1. The third-order valence-corrected chi connectivity index (χ3v) is 3.44. The van der Waals surface area contributed by atoms with E-state index in [1.165, 1.54) is 11.6 Å². The van der Waals surface area contributed by atoms with Crippen molar-refractivity contribution in [2.45, 2.75) is 20.0 Å². The molecule has 0 atom stereocenters. The molecular formula is C16H15N3O3. The maximum atomic E-state index is 11.2. The Kier molecular flexibility index (Phi) is 3.74. The van der Waals surface area contributed by atoms with Crippen LogP contribution in [-0.4, -0.2) is 25.7 Å². The lowest BCUT2D eigenvalue weighted by Gasteiger charge is -2.06. The quantitative estimate of drug-likeness (QED) is 0.783. The molecular weight excluding hydrogens is 282 g/mol. The first-order chi connectivity index (χ1) is 10.7. The zero-order valence-electron chi connectivity index (χ0n) is 12.1. The van der Waals surface area contributed by atoms with E-state index in [9.17, 15) is 4.79 Å². The van der Waals surface area contributed by atoms with Crippen LogP contribution in [0.5, 0.6) is 5.75 Å². The van der Waals surface area contributed by atoms with Crippen LogP contribution in [0.15, 0.2) is 42.6 Å². The summed E-state index contributed by atoms with van der Waals surface area (Å²) in [5, 5.41) is 17.1. The van der Waals surface area contributed by atoms with E-state index in [1.54, 1.807) is 16.7 Å². The van der Waals surface area contributed by atoms with Crippen LogP contribution in [-0.2, 0) is 13.0 Å². The molecule has 0 aliphatic heterocycles. The van der Waals surface area contributed by atoms with Gasteiger partial charge in [0, 0.05) is 6.20 Å². The molecule has 0 unspecified atom stereocenters. The fourth-order valence-corrected chi connectivity index (χ4v) is 2.20. The molecule has 6 heteroatoms. The molecule has 0 fully saturated rings. The van der Waals surface area contributed by atoms with Crippen LogP contribution in [0.2, 0.25) is 0 Å². The van der Waals surface area contributed by atoms with Gasteiger partial charge in [0.2, 0.25) is 0 Å². The molecule has 2 heterocycles. The highest BCUT2D eigenvalue weighted by Gasteiger charge is 2.14. The highest BCUT2D eigenvalue weighted by atomic mass is 16.5. The summed E-state index contributed by atoms with van der Waals surface area (Å²) in [7, 11) is 0. The van der Waals surface area contributed by atoms with Crippen LogP contribution in [0.3, 0.4) is 0 Å². The first-order valence-corrected chi connectivity index (χ1v) is 6.96. The normalized spacial score (nSPS) is 10.8. The minimum Gasteiger partial charge on any atom is -0.486 e. The van der Waals surface area contributed by atoms with Crippen molar-refractivity contribution in [1.29, 1.82) is 0 Å². The number of benzene rings is 1. The number of nitrogens with zero attached hydrogens (tertiary/aromatic N) is 3. The zero-order valence-corrected chi connectivity index (χ0v) is 12.1. The Hall–Kier alpha value is -2.89. The molecule has 112 valence electrons. The third kappa shape index (κ3) is 2.63. The number of hydrogen-bond acceptors (Lipinski definition) is 4. The lowest BCUT2D eigenvalue weighted by Crippen LogP contribution is -2.04. The zero-order chi connectivity index (χ0) is 15.5. The minimum absolute atomic E-state index is 0.119. The molecule has 0 bridgehead atoms. The van der Waals surface area contributed by atoms with Crippen molar-refractivity contribution in [2.24, 2.45) is 0 Å². The number of aromatic nitrogens is 3. The molecule has 0 saturated carbocycles. The molecule has 0 saturated heterocycles. The van der Waals surface area contributed by atoms with Crippen molar-refractivity contribution in [2.75, 3.05) is 0 Å². The van der Waals surface area contributed by atoms with E-state index in [2.05, 4.69) is 17.1 Å². The standard InChI is InChI=1S/C16H15N3O3/c1-2-11-5-7-12(8-6-11)22-10-14-17-18-15-13(16(20)21)4-3-9-19(14)15/h3-9H,2,10H2,1H3,(H,20,21). The van der Waals surface area contributed by atoms with Crippen molar-refractivity contribution >= 4 is 11.6 Å². The van der Waals surface area contributed by atoms with Crippen molar-refractivity contribution in [3.8, 4) is 5.75 Å². The molecule has 0 spiro atoms. The summed E-state index contributed by atoms with van der Waals surface area (Å²) < 4.78 is 7.32. The van der Waals surface area contributed by atoms with Crippen LogP contribution in [0.1, 0.15) is 28.7 Å². The fourth-order valence-electron chi connectivity index (χ4n) is 2.20. The van der Waals surface area contributed by atoms with Gasteiger partial charge in [-0.1, -0.05) is 19.1 Å². The Balaban J connectivity index is 1.82. The topological polar surface area (TPSA) is 76.7 Å². The number of aryl methyl sites for hydroxylation is 1. The highest BCUT2D eigenvalue weighted by Crippen LogP contribution is 2.15. The van der Waals surface area contributed by atoms with Gasteiger partial charge in [-0.2, -0.15) is 0 Å². The van der Waals surface area contributed by atoms with Gasteiger partial charge in [-0.05, 0) is 36.2 Å².